The first-order valence-electron chi connectivity index (χ1n) is 6.18. The van der Waals surface area contributed by atoms with Gasteiger partial charge in [0, 0.05) is 6.61 Å². The summed E-state index contributed by atoms with van der Waals surface area (Å²) in [6, 6.07) is 0. The molecule has 0 heterocycles. The van der Waals surface area contributed by atoms with Gasteiger partial charge in [-0.3, -0.25) is 0 Å². The zero-order chi connectivity index (χ0) is 10.2. The van der Waals surface area contributed by atoms with Gasteiger partial charge in [0.25, 0.3) is 0 Å². The number of hydrogen-bond acceptors (Lipinski definition) is 2. The molecule has 1 fully saturated rings. The van der Waals surface area contributed by atoms with E-state index in [1.54, 1.807) is 0 Å². The summed E-state index contributed by atoms with van der Waals surface area (Å²) in [5, 5.41) is 12.5. The molecule has 0 amide bonds. The molecule has 1 rings (SSSR count). The maximum atomic E-state index is 9.01. The Kier molecular flexibility index (Phi) is 6.20. The standard InChI is InChI=1S/C12H25NO/c1-2-3-8-13-9-11-4-6-12(10-14)7-5-11/h11-14H,2-10H2,1H3. The fourth-order valence-electron chi connectivity index (χ4n) is 2.23. The highest BCUT2D eigenvalue weighted by molar-refractivity contribution is 4.73. The summed E-state index contributed by atoms with van der Waals surface area (Å²) in [5.41, 5.74) is 0. The average molecular weight is 199 g/mol. The first-order chi connectivity index (χ1) is 6.86. The molecule has 0 aromatic carbocycles. The molecule has 2 heteroatoms. The molecule has 2 nitrogen and oxygen atoms in total. The quantitative estimate of drug-likeness (QED) is 0.643. The zero-order valence-electron chi connectivity index (χ0n) is 9.47. The van der Waals surface area contributed by atoms with E-state index in [1.165, 1.54) is 51.6 Å². The van der Waals surface area contributed by atoms with Gasteiger partial charge >= 0.3 is 0 Å². The molecule has 0 aromatic rings. The molecule has 0 saturated heterocycles. The summed E-state index contributed by atoms with van der Waals surface area (Å²) in [6.45, 7) is 5.00. The van der Waals surface area contributed by atoms with Crippen LogP contribution in [0.3, 0.4) is 0 Å². The van der Waals surface area contributed by atoms with Crippen molar-refractivity contribution in [2.45, 2.75) is 45.4 Å². The Labute approximate surface area is 88.1 Å². The Hall–Kier alpha value is -0.0800. The van der Waals surface area contributed by atoms with Crippen molar-refractivity contribution in [1.29, 1.82) is 0 Å². The van der Waals surface area contributed by atoms with Crippen molar-refractivity contribution in [3.63, 3.8) is 0 Å². The lowest BCUT2D eigenvalue weighted by Gasteiger charge is -2.27. The van der Waals surface area contributed by atoms with E-state index in [2.05, 4.69) is 12.2 Å². The van der Waals surface area contributed by atoms with Crippen molar-refractivity contribution in [3.8, 4) is 0 Å². The van der Waals surface area contributed by atoms with Crippen LogP contribution in [0.5, 0.6) is 0 Å². The van der Waals surface area contributed by atoms with Crippen molar-refractivity contribution in [2.75, 3.05) is 19.7 Å². The summed E-state index contributed by atoms with van der Waals surface area (Å²) in [5.74, 6) is 1.47. The predicted molar refractivity (Wildman–Crippen MR) is 60.3 cm³/mol. The molecule has 1 saturated carbocycles. The van der Waals surface area contributed by atoms with Gasteiger partial charge in [-0.25, -0.2) is 0 Å². The zero-order valence-corrected chi connectivity index (χ0v) is 9.47. The van der Waals surface area contributed by atoms with Gasteiger partial charge in [-0.15, -0.1) is 0 Å². The summed E-state index contributed by atoms with van der Waals surface area (Å²) >= 11 is 0. The lowest BCUT2D eigenvalue weighted by molar-refractivity contribution is 0.166. The number of unbranched alkanes of at least 4 members (excludes halogenated alkanes) is 1. The van der Waals surface area contributed by atoms with Gasteiger partial charge in [0.15, 0.2) is 0 Å². The van der Waals surface area contributed by atoms with E-state index in [4.69, 9.17) is 5.11 Å². The number of hydrogen-bond donors (Lipinski definition) is 2. The van der Waals surface area contributed by atoms with Crippen molar-refractivity contribution < 1.29 is 5.11 Å². The summed E-state index contributed by atoms with van der Waals surface area (Å²) in [6.07, 6.45) is 7.66. The van der Waals surface area contributed by atoms with Gasteiger partial charge in [-0.05, 0) is 57.0 Å². The Bertz CT molecular complexity index is 130. The van der Waals surface area contributed by atoms with Gasteiger partial charge < -0.3 is 10.4 Å². The molecule has 0 spiro atoms. The second kappa shape index (κ2) is 7.24. The minimum Gasteiger partial charge on any atom is -0.396 e. The lowest BCUT2D eigenvalue weighted by atomic mass is 9.82. The van der Waals surface area contributed by atoms with Crippen LogP contribution in [0.25, 0.3) is 0 Å². The topological polar surface area (TPSA) is 32.3 Å². The molecule has 0 unspecified atom stereocenters. The van der Waals surface area contributed by atoms with Gasteiger partial charge in [-0.1, -0.05) is 13.3 Å². The largest absolute Gasteiger partial charge is 0.396 e. The summed E-state index contributed by atoms with van der Waals surface area (Å²) < 4.78 is 0. The van der Waals surface area contributed by atoms with Crippen LogP contribution in [-0.4, -0.2) is 24.8 Å². The van der Waals surface area contributed by atoms with E-state index >= 15 is 0 Å². The fourth-order valence-corrected chi connectivity index (χ4v) is 2.23. The van der Waals surface area contributed by atoms with E-state index in [0.717, 1.165) is 5.92 Å². The Morgan fingerprint density at radius 2 is 1.79 bits per heavy atom. The molecule has 1 aliphatic rings. The molecule has 0 aromatic heterocycles. The van der Waals surface area contributed by atoms with Gasteiger partial charge in [0.1, 0.15) is 0 Å². The molecule has 14 heavy (non-hydrogen) atoms. The maximum Gasteiger partial charge on any atom is 0.0459 e. The van der Waals surface area contributed by atoms with Crippen LogP contribution in [0.4, 0.5) is 0 Å². The van der Waals surface area contributed by atoms with Crippen molar-refractivity contribution in [1.82, 2.24) is 5.32 Å². The first-order valence-corrected chi connectivity index (χ1v) is 6.18. The highest BCUT2D eigenvalue weighted by Crippen LogP contribution is 2.27. The minimum atomic E-state index is 0.399. The summed E-state index contributed by atoms with van der Waals surface area (Å²) in [4.78, 5) is 0. The van der Waals surface area contributed by atoms with E-state index < -0.39 is 0 Å². The number of aliphatic hydroxyl groups excluding tert-OH is 1. The maximum absolute atomic E-state index is 9.01. The van der Waals surface area contributed by atoms with Crippen LogP contribution < -0.4 is 5.32 Å². The lowest BCUT2D eigenvalue weighted by Crippen LogP contribution is -2.27. The van der Waals surface area contributed by atoms with Crippen LogP contribution in [0.1, 0.15) is 45.4 Å². The number of nitrogens with one attached hydrogen (secondary N) is 1. The van der Waals surface area contributed by atoms with Crippen LogP contribution >= 0.6 is 0 Å². The Morgan fingerprint density at radius 1 is 1.14 bits per heavy atom. The number of rotatable bonds is 6. The van der Waals surface area contributed by atoms with Gasteiger partial charge in [0.05, 0.1) is 0 Å². The second-order valence-electron chi connectivity index (χ2n) is 4.63. The van der Waals surface area contributed by atoms with Crippen molar-refractivity contribution >= 4 is 0 Å². The predicted octanol–water partition coefficient (Wildman–Crippen LogP) is 2.17. The molecule has 2 N–H and O–H groups in total. The highest BCUT2D eigenvalue weighted by atomic mass is 16.3. The van der Waals surface area contributed by atoms with Crippen LogP contribution in [0, 0.1) is 11.8 Å². The molecule has 84 valence electrons. The van der Waals surface area contributed by atoms with Crippen molar-refractivity contribution in [3.05, 3.63) is 0 Å². The van der Waals surface area contributed by atoms with E-state index in [9.17, 15) is 0 Å². The molecule has 0 radical (unpaired) electrons. The Morgan fingerprint density at radius 3 is 2.36 bits per heavy atom. The highest BCUT2D eigenvalue weighted by Gasteiger charge is 2.19. The SMILES string of the molecule is CCCCNCC1CCC(CO)CC1. The van der Waals surface area contributed by atoms with Crippen LogP contribution in [-0.2, 0) is 0 Å². The summed E-state index contributed by atoms with van der Waals surface area (Å²) in [7, 11) is 0. The smallest absolute Gasteiger partial charge is 0.0459 e. The molecular formula is C12H25NO. The average Bonchev–Trinajstić information content (AvgIpc) is 2.25. The molecule has 0 bridgehead atoms. The minimum absolute atomic E-state index is 0.399. The van der Waals surface area contributed by atoms with Crippen LogP contribution in [0.2, 0.25) is 0 Å². The van der Waals surface area contributed by atoms with Crippen molar-refractivity contribution in [2.24, 2.45) is 11.8 Å². The molecule has 0 atom stereocenters. The number of aliphatic hydroxyl groups is 1. The third-order valence-electron chi connectivity index (χ3n) is 3.36. The van der Waals surface area contributed by atoms with Gasteiger partial charge in [-0.2, -0.15) is 0 Å². The molecule has 1 aliphatic carbocycles. The Balaban J connectivity index is 1.98. The fraction of sp³-hybridized carbons (Fsp3) is 1.00. The molecule has 0 aliphatic heterocycles. The van der Waals surface area contributed by atoms with E-state index in [0.29, 0.717) is 12.5 Å². The first kappa shape index (κ1) is 12.0. The van der Waals surface area contributed by atoms with Crippen LogP contribution in [0.15, 0.2) is 0 Å². The second-order valence-corrected chi connectivity index (χ2v) is 4.63. The monoisotopic (exact) mass is 199 g/mol. The normalized spacial score (nSPS) is 27.9. The van der Waals surface area contributed by atoms with E-state index in [1.807, 2.05) is 0 Å². The van der Waals surface area contributed by atoms with Gasteiger partial charge in [0.2, 0.25) is 0 Å². The third-order valence-corrected chi connectivity index (χ3v) is 3.36. The van der Waals surface area contributed by atoms with E-state index in [-0.39, 0.29) is 0 Å². The third kappa shape index (κ3) is 4.43. The molecular weight excluding hydrogens is 174 g/mol.